The topological polar surface area (TPSA) is 69.2 Å². The van der Waals surface area contributed by atoms with Crippen molar-refractivity contribution in [3.63, 3.8) is 0 Å². The molecular weight excluding hydrogens is 276 g/mol. The zero-order chi connectivity index (χ0) is 14.8. The number of hydrogen-bond acceptors (Lipinski definition) is 5. The molecule has 112 valence electrons. The van der Waals surface area contributed by atoms with E-state index in [0.29, 0.717) is 5.88 Å². The smallest absolute Gasteiger partial charge is 0.232 e. The molecule has 0 amide bonds. The van der Waals surface area contributed by atoms with Crippen molar-refractivity contribution >= 4 is 9.84 Å². The molecule has 1 saturated carbocycles. The molecule has 20 heavy (non-hydrogen) atoms. The molecule has 1 aromatic heterocycles. The lowest BCUT2D eigenvalue weighted by Crippen LogP contribution is -2.23. The summed E-state index contributed by atoms with van der Waals surface area (Å²) in [4.78, 5) is 8.05. The molecule has 6 heteroatoms. The Morgan fingerprint density at radius 1 is 1.15 bits per heavy atom. The fourth-order valence-electron chi connectivity index (χ4n) is 2.27. The summed E-state index contributed by atoms with van der Waals surface area (Å²) >= 11 is 0. The molecule has 5 nitrogen and oxygen atoms in total. The number of hydrogen-bond donors (Lipinski definition) is 0. The Balaban J connectivity index is 2.02. The zero-order valence-corrected chi connectivity index (χ0v) is 13.1. The van der Waals surface area contributed by atoms with Gasteiger partial charge in [-0.3, -0.25) is 0 Å². The van der Waals surface area contributed by atoms with Gasteiger partial charge in [0.2, 0.25) is 5.88 Å². The van der Waals surface area contributed by atoms with Crippen LogP contribution < -0.4 is 4.74 Å². The van der Waals surface area contributed by atoms with Gasteiger partial charge in [0.25, 0.3) is 0 Å². The second-order valence-electron chi connectivity index (χ2n) is 5.79. The quantitative estimate of drug-likeness (QED) is 0.854. The van der Waals surface area contributed by atoms with E-state index in [2.05, 4.69) is 16.9 Å². The Morgan fingerprint density at radius 3 is 2.30 bits per heavy atom. The molecule has 1 aliphatic rings. The number of aromatic nitrogens is 2. The average Bonchev–Trinajstić information content (AvgIpc) is 2.42. The van der Waals surface area contributed by atoms with Crippen LogP contribution in [-0.2, 0) is 9.84 Å². The summed E-state index contributed by atoms with van der Waals surface area (Å²) < 4.78 is 29.6. The van der Waals surface area contributed by atoms with Crippen LogP contribution >= 0.6 is 0 Å². The lowest BCUT2D eigenvalue weighted by Gasteiger charge is -2.26. The maximum Gasteiger partial charge on any atom is 0.232 e. The Hall–Kier alpha value is -1.17. The minimum Gasteiger partial charge on any atom is -0.473 e. The third kappa shape index (κ3) is 3.48. The SMILES string of the molecule is CC1CCC(Oc2cnc(S(=O)(=O)C(C)C)cn2)CC1. The number of ether oxygens (including phenoxy) is 1. The van der Waals surface area contributed by atoms with Gasteiger partial charge in [0.1, 0.15) is 6.10 Å². The van der Waals surface area contributed by atoms with Crippen LogP contribution in [0.15, 0.2) is 17.4 Å². The molecule has 0 radical (unpaired) electrons. The summed E-state index contributed by atoms with van der Waals surface area (Å²) in [6.45, 7) is 5.51. The molecule has 1 aliphatic carbocycles. The number of nitrogens with zero attached hydrogens (tertiary/aromatic N) is 2. The molecule has 1 fully saturated rings. The highest BCUT2D eigenvalue weighted by atomic mass is 32.2. The lowest BCUT2D eigenvalue weighted by molar-refractivity contribution is 0.129. The van der Waals surface area contributed by atoms with Crippen molar-refractivity contribution in [2.75, 3.05) is 0 Å². The first-order valence-electron chi connectivity index (χ1n) is 7.12. The molecule has 2 rings (SSSR count). The Kier molecular flexibility index (Phi) is 4.62. The third-order valence-electron chi connectivity index (χ3n) is 3.77. The van der Waals surface area contributed by atoms with Gasteiger partial charge in [-0.05, 0) is 45.4 Å². The molecule has 0 N–H and O–H groups in total. The number of sulfone groups is 1. The van der Waals surface area contributed by atoms with Crippen molar-refractivity contribution in [1.29, 1.82) is 0 Å². The highest BCUT2D eigenvalue weighted by molar-refractivity contribution is 7.91. The maximum absolute atomic E-state index is 11.9. The van der Waals surface area contributed by atoms with E-state index in [0.717, 1.165) is 31.6 Å². The van der Waals surface area contributed by atoms with Crippen LogP contribution in [0.3, 0.4) is 0 Å². The molecule has 1 heterocycles. The average molecular weight is 298 g/mol. The van der Waals surface area contributed by atoms with Gasteiger partial charge in [-0.25, -0.2) is 18.4 Å². The zero-order valence-electron chi connectivity index (χ0n) is 12.2. The van der Waals surface area contributed by atoms with Crippen LogP contribution in [0.5, 0.6) is 5.88 Å². The molecule has 0 aliphatic heterocycles. The fourth-order valence-corrected chi connectivity index (χ4v) is 3.15. The molecule has 0 unspecified atom stereocenters. The van der Waals surface area contributed by atoms with E-state index in [4.69, 9.17) is 4.74 Å². The molecule has 0 aromatic carbocycles. The monoisotopic (exact) mass is 298 g/mol. The summed E-state index contributed by atoms with van der Waals surface area (Å²) in [5.41, 5.74) is 0. The van der Waals surface area contributed by atoms with E-state index >= 15 is 0 Å². The first-order chi connectivity index (χ1) is 9.39. The van der Waals surface area contributed by atoms with Crippen LogP contribution in [0.1, 0.15) is 46.5 Å². The predicted octanol–water partition coefficient (Wildman–Crippen LogP) is 2.62. The van der Waals surface area contributed by atoms with E-state index < -0.39 is 15.1 Å². The molecule has 0 atom stereocenters. The van der Waals surface area contributed by atoms with E-state index in [1.165, 1.54) is 12.4 Å². The predicted molar refractivity (Wildman–Crippen MR) is 76.4 cm³/mol. The lowest BCUT2D eigenvalue weighted by atomic mass is 9.89. The van der Waals surface area contributed by atoms with Gasteiger partial charge in [0.15, 0.2) is 14.9 Å². The first kappa shape index (κ1) is 15.2. The highest BCUT2D eigenvalue weighted by Gasteiger charge is 2.23. The molecule has 0 saturated heterocycles. The normalized spacial score (nSPS) is 23.8. The summed E-state index contributed by atoms with van der Waals surface area (Å²) in [6.07, 6.45) is 7.25. The van der Waals surface area contributed by atoms with Gasteiger partial charge in [-0.15, -0.1) is 0 Å². The molecule has 1 aromatic rings. The van der Waals surface area contributed by atoms with Crippen LogP contribution in [0, 0.1) is 5.92 Å². The fraction of sp³-hybridized carbons (Fsp3) is 0.714. The van der Waals surface area contributed by atoms with Crippen LogP contribution in [0.4, 0.5) is 0 Å². The van der Waals surface area contributed by atoms with Gasteiger partial charge >= 0.3 is 0 Å². The van der Waals surface area contributed by atoms with Crippen molar-refractivity contribution < 1.29 is 13.2 Å². The van der Waals surface area contributed by atoms with Gasteiger partial charge in [-0.1, -0.05) is 6.92 Å². The van der Waals surface area contributed by atoms with Crippen LogP contribution in [-0.4, -0.2) is 29.7 Å². The minimum atomic E-state index is -3.36. The van der Waals surface area contributed by atoms with Crippen molar-refractivity contribution in [3.8, 4) is 5.88 Å². The Labute approximate surface area is 120 Å². The Morgan fingerprint density at radius 2 is 1.80 bits per heavy atom. The summed E-state index contributed by atoms with van der Waals surface area (Å²) in [7, 11) is -3.36. The second-order valence-corrected chi connectivity index (χ2v) is 8.24. The summed E-state index contributed by atoms with van der Waals surface area (Å²) in [5.74, 6) is 1.17. The van der Waals surface area contributed by atoms with E-state index in [1.807, 2.05) is 0 Å². The van der Waals surface area contributed by atoms with Gasteiger partial charge in [-0.2, -0.15) is 0 Å². The first-order valence-corrected chi connectivity index (χ1v) is 8.67. The number of rotatable bonds is 4. The second kappa shape index (κ2) is 6.08. The summed E-state index contributed by atoms with van der Waals surface area (Å²) in [5, 5.41) is -0.486. The molecular formula is C14H22N2O3S. The van der Waals surface area contributed by atoms with Crippen LogP contribution in [0.25, 0.3) is 0 Å². The van der Waals surface area contributed by atoms with Crippen molar-refractivity contribution in [2.45, 2.75) is 62.8 Å². The molecule has 0 spiro atoms. The van der Waals surface area contributed by atoms with Gasteiger partial charge in [0, 0.05) is 0 Å². The van der Waals surface area contributed by atoms with Crippen molar-refractivity contribution in [2.24, 2.45) is 5.92 Å². The van der Waals surface area contributed by atoms with Crippen molar-refractivity contribution in [3.05, 3.63) is 12.4 Å². The van der Waals surface area contributed by atoms with E-state index in [1.54, 1.807) is 13.8 Å². The Bertz CT molecular complexity index is 532. The largest absolute Gasteiger partial charge is 0.473 e. The van der Waals surface area contributed by atoms with E-state index in [9.17, 15) is 8.42 Å². The van der Waals surface area contributed by atoms with Crippen molar-refractivity contribution in [1.82, 2.24) is 9.97 Å². The van der Waals surface area contributed by atoms with Crippen LogP contribution in [0.2, 0.25) is 0 Å². The molecule has 0 bridgehead atoms. The summed E-state index contributed by atoms with van der Waals surface area (Å²) in [6, 6.07) is 0. The highest BCUT2D eigenvalue weighted by Crippen LogP contribution is 2.26. The maximum atomic E-state index is 11.9. The van der Waals surface area contributed by atoms with E-state index in [-0.39, 0.29) is 11.1 Å². The standard InChI is InChI=1S/C14H22N2O3S/c1-10(2)20(17,18)14-9-15-13(8-16-14)19-12-6-4-11(3)5-7-12/h8-12H,4-7H2,1-3H3. The van der Waals surface area contributed by atoms with Gasteiger partial charge < -0.3 is 4.74 Å². The minimum absolute atomic E-state index is 0.0112. The third-order valence-corrected chi connectivity index (χ3v) is 5.80. The van der Waals surface area contributed by atoms with Gasteiger partial charge in [0.05, 0.1) is 17.6 Å².